The van der Waals surface area contributed by atoms with E-state index in [1.54, 1.807) is 18.2 Å². The molecule has 2 heterocycles. The molecule has 2 aromatic carbocycles. The summed E-state index contributed by atoms with van der Waals surface area (Å²) in [5.74, 6) is 0.348. The predicted molar refractivity (Wildman–Crippen MR) is 127 cm³/mol. The van der Waals surface area contributed by atoms with Crippen LogP contribution < -0.4 is 21.5 Å². The van der Waals surface area contributed by atoms with Gasteiger partial charge >= 0.3 is 5.69 Å². The first-order valence-corrected chi connectivity index (χ1v) is 11.1. The first-order chi connectivity index (χ1) is 15.5. The van der Waals surface area contributed by atoms with Crippen molar-refractivity contribution in [3.8, 4) is 6.07 Å². The number of benzene rings is 2. The molecule has 9 heteroatoms. The number of rotatable bonds is 7. The Hall–Kier alpha value is -3.21. The number of unbranched alkanes of at least 4 members (excludes halogenated alkanes) is 3. The molecule has 0 aliphatic carbocycles. The van der Waals surface area contributed by atoms with E-state index in [2.05, 4.69) is 16.4 Å². The number of nitriles is 1. The number of halogens is 2. The van der Waals surface area contributed by atoms with E-state index in [1.165, 1.54) is 4.57 Å². The van der Waals surface area contributed by atoms with Crippen molar-refractivity contribution in [2.45, 2.75) is 38.4 Å². The summed E-state index contributed by atoms with van der Waals surface area (Å²) in [4.78, 5) is 30.8. The van der Waals surface area contributed by atoms with Crippen LogP contribution in [0.5, 0.6) is 0 Å². The van der Waals surface area contributed by atoms with Crippen LogP contribution in [0.3, 0.4) is 0 Å². The molecule has 7 nitrogen and oxygen atoms in total. The number of aromatic amines is 1. The maximum atomic E-state index is 13.5. The van der Waals surface area contributed by atoms with Gasteiger partial charge in [0.15, 0.2) is 5.69 Å². The SMILES string of the molecule is N#CCCCCCn1c(=O)[nH]c2c(c1=O)N(c1ccc(Cl)cc1)C(c1ccccc1Cl)N2. The van der Waals surface area contributed by atoms with Gasteiger partial charge in [0.25, 0.3) is 5.56 Å². The second-order valence-corrected chi connectivity index (χ2v) is 8.34. The van der Waals surface area contributed by atoms with Gasteiger partial charge in [0, 0.05) is 34.3 Å². The smallest absolute Gasteiger partial charge is 0.330 e. The Morgan fingerprint density at radius 2 is 1.75 bits per heavy atom. The number of aromatic nitrogens is 2. The number of H-pyrrole nitrogens is 1. The Kier molecular flexibility index (Phi) is 6.54. The fourth-order valence-corrected chi connectivity index (χ4v) is 4.23. The molecule has 0 spiro atoms. The largest absolute Gasteiger partial charge is 0.345 e. The molecule has 0 bridgehead atoms. The van der Waals surface area contributed by atoms with Gasteiger partial charge in [-0.15, -0.1) is 0 Å². The Morgan fingerprint density at radius 3 is 2.47 bits per heavy atom. The zero-order valence-electron chi connectivity index (χ0n) is 17.1. The topological polar surface area (TPSA) is 93.9 Å². The molecule has 1 aliphatic rings. The van der Waals surface area contributed by atoms with Crippen LogP contribution in [0.2, 0.25) is 10.0 Å². The van der Waals surface area contributed by atoms with Gasteiger partial charge in [0.2, 0.25) is 0 Å². The van der Waals surface area contributed by atoms with Gasteiger partial charge in [0.05, 0.1) is 6.07 Å². The maximum absolute atomic E-state index is 13.5. The van der Waals surface area contributed by atoms with E-state index in [4.69, 9.17) is 28.5 Å². The highest BCUT2D eigenvalue weighted by atomic mass is 35.5. The average Bonchev–Trinajstić information content (AvgIpc) is 3.15. The molecule has 32 heavy (non-hydrogen) atoms. The monoisotopic (exact) mass is 469 g/mol. The minimum atomic E-state index is -0.491. The zero-order valence-corrected chi connectivity index (χ0v) is 18.7. The normalized spacial score (nSPS) is 14.7. The molecule has 164 valence electrons. The van der Waals surface area contributed by atoms with Crippen LogP contribution in [0.1, 0.15) is 37.4 Å². The second kappa shape index (κ2) is 9.51. The van der Waals surface area contributed by atoms with E-state index in [0.717, 1.165) is 24.1 Å². The van der Waals surface area contributed by atoms with Crippen molar-refractivity contribution in [3.05, 3.63) is 85.0 Å². The van der Waals surface area contributed by atoms with E-state index < -0.39 is 11.9 Å². The first kappa shape index (κ1) is 22.0. The van der Waals surface area contributed by atoms with Crippen LogP contribution in [-0.2, 0) is 6.54 Å². The molecule has 0 fully saturated rings. The molecule has 1 atom stereocenters. The van der Waals surface area contributed by atoms with Crippen LogP contribution >= 0.6 is 23.2 Å². The highest BCUT2D eigenvalue weighted by molar-refractivity contribution is 6.31. The second-order valence-electron chi connectivity index (χ2n) is 7.49. The molecule has 1 aliphatic heterocycles. The fourth-order valence-electron chi connectivity index (χ4n) is 3.87. The standard InChI is InChI=1S/C23H21Cl2N5O2/c24-15-9-11-16(12-10-15)30-19-20(27-21(30)17-7-3-4-8-18(17)25)28-23(32)29(22(19)31)14-6-2-1-5-13-26/h3-4,7-12,21,27H,1-2,5-6,14H2,(H,28,32). The average molecular weight is 470 g/mol. The van der Waals surface area contributed by atoms with Crippen LogP contribution in [0.25, 0.3) is 0 Å². The Balaban J connectivity index is 1.78. The van der Waals surface area contributed by atoms with Crippen LogP contribution in [0, 0.1) is 11.3 Å². The lowest BCUT2D eigenvalue weighted by Gasteiger charge is -2.27. The molecular weight excluding hydrogens is 449 g/mol. The lowest BCUT2D eigenvalue weighted by Crippen LogP contribution is -2.37. The molecule has 1 unspecified atom stereocenters. The van der Waals surface area contributed by atoms with Gasteiger partial charge in [-0.05, 0) is 43.2 Å². The number of hydrogen-bond acceptors (Lipinski definition) is 5. The number of hydrogen-bond donors (Lipinski definition) is 2. The van der Waals surface area contributed by atoms with Crippen molar-refractivity contribution >= 4 is 40.4 Å². The van der Waals surface area contributed by atoms with Gasteiger partial charge in [-0.25, -0.2) is 4.79 Å². The summed E-state index contributed by atoms with van der Waals surface area (Å²) in [5.41, 5.74) is 0.978. The number of nitrogens with zero attached hydrogens (tertiary/aromatic N) is 3. The molecule has 0 saturated carbocycles. The third kappa shape index (κ3) is 4.24. The molecular formula is C23H21Cl2N5O2. The fraction of sp³-hybridized carbons (Fsp3) is 0.261. The highest BCUT2D eigenvalue weighted by Crippen LogP contribution is 2.44. The Bertz CT molecular complexity index is 1280. The van der Waals surface area contributed by atoms with Gasteiger partial charge in [-0.1, -0.05) is 47.8 Å². The van der Waals surface area contributed by atoms with Gasteiger partial charge in [-0.3, -0.25) is 14.3 Å². The molecule has 0 amide bonds. The van der Waals surface area contributed by atoms with Crippen molar-refractivity contribution in [2.24, 2.45) is 0 Å². The van der Waals surface area contributed by atoms with Crippen molar-refractivity contribution in [3.63, 3.8) is 0 Å². The number of nitrogens with one attached hydrogen (secondary N) is 2. The summed E-state index contributed by atoms with van der Waals surface area (Å²) < 4.78 is 1.21. The molecule has 4 rings (SSSR count). The van der Waals surface area contributed by atoms with Gasteiger partial charge in [-0.2, -0.15) is 5.26 Å². The van der Waals surface area contributed by atoms with E-state index in [1.807, 2.05) is 35.2 Å². The molecule has 2 N–H and O–H groups in total. The van der Waals surface area contributed by atoms with Gasteiger partial charge in [0.1, 0.15) is 12.0 Å². The molecule has 1 aromatic heterocycles. The minimum Gasteiger partial charge on any atom is -0.345 e. The lowest BCUT2D eigenvalue weighted by atomic mass is 10.1. The third-order valence-corrected chi connectivity index (χ3v) is 6.01. The zero-order chi connectivity index (χ0) is 22.7. The third-order valence-electron chi connectivity index (χ3n) is 5.42. The summed E-state index contributed by atoms with van der Waals surface area (Å²) in [6.45, 7) is 0.276. The predicted octanol–water partition coefficient (Wildman–Crippen LogP) is 5.19. The van der Waals surface area contributed by atoms with Crippen LogP contribution in [0.4, 0.5) is 17.2 Å². The van der Waals surface area contributed by atoms with E-state index in [9.17, 15) is 9.59 Å². The first-order valence-electron chi connectivity index (χ1n) is 10.3. The van der Waals surface area contributed by atoms with E-state index in [-0.39, 0.29) is 12.1 Å². The van der Waals surface area contributed by atoms with Crippen molar-refractivity contribution in [1.82, 2.24) is 9.55 Å². The van der Waals surface area contributed by atoms with Crippen molar-refractivity contribution in [1.29, 1.82) is 5.26 Å². The van der Waals surface area contributed by atoms with Crippen molar-refractivity contribution < 1.29 is 0 Å². The Labute approximate surface area is 194 Å². The maximum Gasteiger partial charge on any atom is 0.330 e. The molecule has 0 radical (unpaired) electrons. The lowest BCUT2D eigenvalue weighted by molar-refractivity contribution is 0.558. The quantitative estimate of drug-likeness (QED) is 0.464. The summed E-state index contributed by atoms with van der Waals surface area (Å²) in [5, 5.41) is 13.0. The summed E-state index contributed by atoms with van der Waals surface area (Å²) in [7, 11) is 0. The molecule has 3 aromatic rings. The minimum absolute atomic E-state index is 0.276. The van der Waals surface area contributed by atoms with Crippen LogP contribution in [0.15, 0.2) is 58.1 Å². The number of anilines is 3. The summed E-state index contributed by atoms with van der Waals surface area (Å²) in [6.07, 6.45) is 2.10. The highest BCUT2D eigenvalue weighted by Gasteiger charge is 2.36. The number of fused-ring (bicyclic) bond motifs is 1. The van der Waals surface area contributed by atoms with Crippen molar-refractivity contribution in [2.75, 3.05) is 10.2 Å². The van der Waals surface area contributed by atoms with E-state index >= 15 is 0 Å². The van der Waals surface area contributed by atoms with Crippen LogP contribution in [-0.4, -0.2) is 9.55 Å². The summed E-state index contributed by atoms with van der Waals surface area (Å²) >= 11 is 12.6. The summed E-state index contributed by atoms with van der Waals surface area (Å²) in [6, 6.07) is 16.6. The van der Waals surface area contributed by atoms with Gasteiger partial charge < -0.3 is 10.2 Å². The van der Waals surface area contributed by atoms with E-state index in [0.29, 0.717) is 34.4 Å². The Morgan fingerprint density at radius 1 is 1.00 bits per heavy atom. The molecule has 0 saturated heterocycles.